The van der Waals surface area contributed by atoms with Crippen molar-refractivity contribution >= 4 is 5.91 Å². The van der Waals surface area contributed by atoms with Crippen molar-refractivity contribution in [3.63, 3.8) is 0 Å². The van der Waals surface area contributed by atoms with Gasteiger partial charge in [-0.3, -0.25) is 9.69 Å². The Kier molecular flexibility index (Phi) is 5.65. The summed E-state index contributed by atoms with van der Waals surface area (Å²) in [5.41, 5.74) is 0. The van der Waals surface area contributed by atoms with Gasteiger partial charge in [0.1, 0.15) is 0 Å². The SMILES string of the molecule is CCCNC(=O)CC(C)N1CCNCC1. The summed E-state index contributed by atoms with van der Waals surface area (Å²) in [6.07, 6.45) is 1.63. The fourth-order valence-electron chi connectivity index (χ4n) is 1.86. The molecule has 0 bridgehead atoms. The van der Waals surface area contributed by atoms with Crippen molar-refractivity contribution in [1.82, 2.24) is 15.5 Å². The Morgan fingerprint density at radius 2 is 2.13 bits per heavy atom. The lowest BCUT2D eigenvalue weighted by molar-refractivity contribution is -0.122. The van der Waals surface area contributed by atoms with Crippen molar-refractivity contribution in [2.75, 3.05) is 32.7 Å². The van der Waals surface area contributed by atoms with Gasteiger partial charge in [0.05, 0.1) is 0 Å². The Hall–Kier alpha value is -0.610. The molecular weight excluding hydrogens is 190 g/mol. The van der Waals surface area contributed by atoms with E-state index in [4.69, 9.17) is 0 Å². The average molecular weight is 213 g/mol. The van der Waals surface area contributed by atoms with Crippen LogP contribution >= 0.6 is 0 Å². The van der Waals surface area contributed by atoms with Crippen molar-refractivity contribution in [3.05, 3.63) is 0 Å². The maximum Gasteiger partial charge on any atom is 0.221 e. The van der Waals surface area contributed by atoms with Crippen LogP contribution in [0.25, 0.3) is 0 Å². The topological polar surface area (TPSA) is 44.4 Å². The first-order valence-corrected chi connectivity index (χ1v) is 5.95. The molecule has 1 fully saturated rings. The van der Waals surface area contributed by atoms with E-state index in [1.165, 1.54) is 0 Å². The third-order valence-corrected chi connectivity index (χ3v) is 2.83. The molecule has 88 valence electrons. The van der Waals surface area contributed by atoms with Crippen LogP contribution in [-0.4, -0.2) is 49.6 Å². The van der Waals surface area contributed by atoms with E-state index >= 15 is 0 Å². The van der Waals surface area contributed by atoms with Crippen LogP contribution in [0, 0.1) is 0 Å². The molecule has 1 aliphatic heterocycles. The Morgan fingerprint density at radius 1 is 1.47 bits per heavy atom. The van der Waals surface area contributed by atoms with Gasteiger partial charge in [0.15, 0.2) is 0 Å². The largest absolute Gasteiger partial charge is 0.356 e. The fraction of sp³-hybridized carbons (Fsp3) is 0.909. The number of rotatable bonds is 5. The van der Waals surface area contributed by atoms with E-state index in [9.17, 15) is 4.79 Å². The second-order valence-electron chi connectivity index (χ2n) is 4.19. The van der Waals surface area contributed by atoms with Crippen LogP contribution in [0.5, 0.6) is 0 Å². The second kappa shape index (κ2) is 6.80. The van der Waals surface area contributed by atoms with Gasteiger partial charge >= 0.3 is 0 Å². The van der Waals surface area contributed by atoms with E-state index in [1.807, 2.05) is 0 Å². The predicted octanol–water partition coefficient (Wildman–Crippen LogP) is 0.196. The molecule has 0 spiro atoms. The van der Waals surface area contributed by atoms with Crippen LogP contribution in [0.3, 0.4) is 0 Å². The minimum Gasteiger partial charge on any atom is -0.356 e. The van der Waals surface area contributed by atoms with Gasteiger partial charge in [-0.1, -0.05) is 6.92 Å². The third-order valence-electron chi connectivity index (χ3n) is 2.83. The summed E-state index contributed by atoms with van der Waals surface area (Å²) >= 11 is 0. The fourth-order valence-corrected chi connectivity index (χ4v) is 1.86. The number of carbonyl (C=O) groups excluding carboxylic acids is 1. The molecule has 0 radical (unpaired) electrons. The molecule has 4 heteroatoms. The van der Waals surface area contributed by atoms with E-state index in [2.05, 4.69) is 29.4 Å². The summed E-state index contributed by atoms with van der Waals surface area (Å²) in [4.78, 5) is 13.9. The minimum absolute atomic E-state index is 0.183. The van der Waals surface area contributed by atoms with Crippen molar-refractivity contribution in [2.24, 2.45) is 0 Å². The molecule has 0 aromatic carbocycles. The predicted molar refractivity (Wildman–Crippen MR) is 61.8 cm³/mol. The maximum atomic E-state index is 11.5. The highest BCUT2D eigenvalue weighted by Gasteiger charge is 2.18. The quantitative estimate of drug-likeness (QED) is 0.685. The molecule has 1 atom stereocenters. The molecule has 15 heavy (non-hydrogen) atoms. The Bertz CT molecular complexity index is 190. The Labute approximate surface area is 92.4 Å². The lowest BCUT2D eigenvalue weighted by Gasteiger charge is -2.32. The number of piperazine rings is 1. The van der Waals surface area contributed by atoms with Crippen molar-refractivity contribution in [2.45, 2.75) is 32.7 Å². The molecule has 0 aliphatic carbocycles. The van der Waals surface area contributed by atoms with Gasteiger partial charge in [0, 0.05) is 45.2 Å². The van der Waals surface area contributed by atoms with Gasteiger partial charge < -0.3 is 10.6 Å². The van der Waals surface area contributed by atoms with Gasteiger partial charge in [-0.05, 0) is 13.3 Å². The zero-order valence-electron chi connectivity index (χ0n) is 9.88. The lowest BCUT2D eigenvalue weighted by atomic mass is 10.1. The summed E-state index contributed by atoms with van der Waals surface area (Å²) in [5.74, 6) is 0.183. The molecule has 1 heterocycles. The van der Waals surface area contributed by atoms with Crippen LogP contribution in [0.4, 0.5) is 0 Å². The van der Waals surface area contributed by atoms with E-state index in [1.54, 1.807) is 0 Å². The van der Waals surface area contributed by atoms with Gasteiger partial charge in [-0.2, -0.15) is 0 Å². The number of hydrogen-bond donors (Lipinski definition) is 2. The second-order valence-corrected chi connectivity index (χ2v) is 4.19. The minimum atomic E-state index is 0.183. The van der Waals surface area contributed by atoms with Crippen molar-refractivity contribution in [3.8, 4) is 0 Å². The van der Waals surface area contributed by atoms with Crippen LogP contribution in [0.15, 0.2) is 0 Å². The van der Waals surface area contributed by atoms with Gasteiger partial charge in [-0.25, -0.2) is 0 Å². The summed E-state index contributed by atoms with van der Waals surface area (Å²) in [5, 5.41) is 6.24. The number of amides is 1. The first kappa shape index (κ1) is 12.5. The lowest BCUT2D eigenvalue weighted by Crippen LogP contribution is -2.48. The molecule has 0 aromatic rings. The molecular formula is C11H23N3O. The summed E-state index contributed by atoms with van der Waals surface area (Å²) in [7, 11) is 0. The normalized spacial score (nSPS) is 19.9. The first-order valence-electron chi connectivity index (χ1n) is 5.95. The monoisotopic (exact) mass is 213 g/mol. The molecule has 1 unspecified atom stereocenters. The van der Waals surface area contributed by atoms with E-state index < -0.39 is 0 Å². The summed E-state index contributed by atoms with van der Waals surface area (Å²) in [6.45, 7) is 9.20. The number of carbonyl (C=O) groups is 1. The number of nitrogens with one attached hydrogen (secondary N) is 2. The van der Waals surface area contributed by atoms with E-state index in [0.29, 0.717) is 12.5 Å². The average Bonchev–Trinajstić information content (AvgIpc) is 2.27. The maximum absolute atomic E-state index is 11.5. The van der Waals surface area contributed by atoms with E-state index in [0.717, 1.165) is 39.1 Å². The Balaban J connectivity index is 2.21. The first-order chi connectivity index (χ1) is 7.24. The van der Waals surface area contributed by atoms with Crippen molar-refractivity contribution in [1.29, 1.82) is 0 Å². The van der Waals surface area contributed by atoms with Crippen LogP contribution in [0.2, 0.25) is 0 Å². The molecule has 1 aliphatic rings. The summed E-state index contributed by atoms with van der Waals surface area (Å²) < 4.78 is 0. The molecule has 1 amide bonds. The highest BCUT2D eigenvalue weighted by molar-refractivity contribution is 5.76. The molecule has 0 aromatic heterocycles. The number of hydrogen-bond acceptors (Lipinski definition) is 3. The van der Waals surface area contributed by atoms with Gasteiger partial charge in [0.25, 0.3) is 0 Å². The molecule has 2 N–H and O–H groups in total. The molecule has 0 saturated carbocycles. The third kappa shape index (κ3) is 4.62. The zero-order valence-corrected chi connectivity index (χ0v) is 9.88. The van der Waals surface area contributed by atoms with Crippen LogP contribution in [0.1, 0.15) is 26.7 Å². The highest BCUT2D eigenvalue weighted by atomic mass is 16.1. The van der Waals surface area contributed by atoms with E-state index in [-0.39, 0.29) is 5.91 Å². The molecule has 1 saturated heterocycles. The Morgan fingerprint density at radius 3 is 2.73 bits per heavy atom. The molecule has 1 rings (SSSR count). The van der Waals surface area contributed by atoms with Gasteiger partial charge in [0.2, 0.25) is 5.91 Å². The van der Waals surface area contributed by atoms with Crippen LogP contribution < -0.4 is 10.6 Å². The highest BCUT2D eigenvalue weighted by Crippen LogP contribution is 2.04. The zero-order chi connectivity index (χ0) is 11.1. The number of nitrogens with zero attached hydrogens (tertiary/aromatic N) is 1. The smallest absolute Gasteiger partial charge is 0.221 e. The standard InChI is InChI=1S/C11H23N3O/c1-3-4-13-11(15)9-10(2)14-7-5-12-6-8-14/h10,12H,3-9H2,1-2H3,(H,13,15). The van der Waals surface area contributed by atoms with Gasteiger partial charge in [-0.15, -0.1) is 0 Å². The van der Waals surface area contributed by atoms with Crippen molar-refractivity contribution < 1.29 is 4.79 Å². The molecule has 4 nitrogen and oxygen atoms in total. The summed E-state index contributed by atoms with van der Waals surface area (Å²) in [6, 6.07) is 0.365. The van der Waals surface area contributed by atoms with Crippen LogP contribution in [-0.2, 0) is 4.79 Å².